The minimum atomic E-state index is -0.335. The van der Waals surface area contributed by atoms with Crippen LogP contribution in [0, 0.1) is 11.8 Å². The fourth-order valence-electron chi connectivity index (χ4n) is 1.37. The molecule has 1 aliphatic carbocycles. The third-order valence-corrected chi connectivity index (χ3v) is 2.64. The highest BCUT2D eigenvalue weighted by Crippen LogP contribution is 2.37. The van der Waals surface area contributed by atoms with Crippen molar-refractivity contribution >= 4 is 11.9 Å². The Morgan fingerprint density at radius 3 is 2.67 bits per heavy atom. The third kappa shape index (κ3) is 4.81. The van der Waals surface area contributed by atoms with Crippen molar-refractivity contribution in [1.29, 1.82) is 0 Å². The summed E-state index contributed by atoms with van der Waals surface area (Å²) in [5.74, 6) is 0.806. The zero-order valence-electron chi connectivity index (χ0n) is 9.41. The fraction of sp³-hybridized carbons (Fsp3) is 0.818. The topological polar surface area (TPSA) is 55.4 Å². The van der Waals surface area contributed by atoms with Gasteiger partial charge in [-0.2, -0.15) is 0 Å². The number of amides is 1. The predicted molar refractivity (Wildman–Crippen MR) is 56.1 cm³/mol. The van der Waals surface area contributed by atoms with Gasteiger partial charge < -0.3 is 10.1 Å². The third-order valence-electron chi connectivity index (χ3n) is 2.64. The zero-order valence-corrected chi connectivity index (χ0v) is 9.41. The second-order valence-electron chi connectivity index (χ2n) is 4.18. The van der Waals surface area contributed by atoms with Gasteiger partial charge in [0, 0.05) is 6.42 Å². The molecule has 0 bridgehead atoms. The Morgan fingerprint density at radius 1 is 1.47 bits per heavy atom. The van der Waals surface area contributed by atoms with Gasteiger partial charge in [0.05, 0.1) is 6.61 Å². The maximum absolute atomic E-state index is 11.2. The summed E-state index contributed by atoms with van der Waals surface area (Å²) in [5, 5.41) is 2.53. The number of esters is 1. The SMILES string of the molecule is CCCC(=O)NCC(=O)OC[C@@H]1C[C@@H]1C. The van der Waals surface area contributed by atoms with E-state index in [0.717, 1.165) is 12.8 Å². The number of nitrogens with one attached hydrogen (secondary N) is 1. The average Bonchev–Trinajstić information content (AvgIpc) is 2.89. The Kier molecular flexibility index (Phi) is 4.59. The van der Waals surface area contributed by atoms with Gasteiger partial charge in [0.25, 0.3) is 0 Å². The fourth-order valence-corrected chi connectivity index (χ4v) is 1.37. The lowest BCUT2D eigenvalue weighted by atomic mass is 10.3. The van der Waals surface area contributed by atoms with Crippen LogP contribution in [-0.2, 0) is 14.3 Å². The summed E-state index contributed by atoms with van der Waals surface area (Å²) < 4.78 is 5.01. The summed E-state index contributed by atoms with van der Waals surface area (Å²) in [4.78, 5) is 22.2. The van der Waals surface area contributed by atoms with Gasteiger partial charge in [-0.1, -0.05) is 13.8 Å². The van der Waals surface area contributed by atoms with Crippen molar-refractivity contribution in [1.82, 2.24) is 5.32 Å². The summed E-state index contributed by atoms with van der Waals surface area (Å²) in [5.41, 5.74) is 0. The standard InChI is InChI=1S/C11H19NO3/c1-3-4-10(13)12-6-11(14)15-7-9-5-8(9)2/h8-9H,3-7H2,1-2H3,(H,12,13)/t8-,9-/m0/s1. The van der Waals surface area contributed by atoms with Crippen molar-refractivity contribution in [2.75, 3.05) is 13.2 Å². The molecule has 0 radical (unpaired) electrons. The molecule has 0 aliphatic heterocycles. The van der Waals surface area contributed by atoms with E-state index in [2.05, 4.69) is 12.2 Å². The minimum Gasteiger partial charge on any atom is -0.464 e. The van der Waals surface area contributed by atoms with Gasteiger partial charge in [0.1, 0.15) is 6.54 Å². The van der Waals surface area contributed by atoms with Crippen LogP contribution in [-0.4, -0.2) is 25.0 Å². The largest absolute Gasteiger partial charge is 0.464 e. The molecule has 0 aromatic rings. The summed E-state index contributed by atoms with van der Waals surface area (Å²) in [6.45, 7) is 4.57. The number of hydrogen-bond acceptors (Lipinski definition) is 3. The van der Waals surface area contributed by atoms with Crippen LogP contribution in [0.5, 0.6) is 0 Å². The molecule has 1 saturated carbocycles. The molecule has 1 aliphatic rings. The van der Waals surface area contributed by atoms with Crippen LogP contribution in [0.15, 0.2) is 0 Å². The lowest BCUT2D eigenvalue weighted by molar-refractivity contribution is -0.144. The molecular weight excluding hydrogens is 194 g/mol. The van der Waals surface area contributed by atoms with Gasteiger partial charge in [0.2, 0.25) is 5.91 Å². The zero-order chi connectivity index (χ0) is 11.3. The lowest BCUT2D eigenvalue weighted by Gasteiger charge is -2.05. The first-order valence-corrected chi connectivity index (χ1v) is 5.55. The van der Waals surface area contributed by atoms with E-state index in [1.165, 1.54) is 0 Å². The van der Waals surface area contributed by atoms with Crippen molar-refractivity contribution < 1.29 is 14.3 Å². The molecule has 86 valence electrons. The van der Waals surface area contributed by atoms with Gasteiger partial charge in [-0.05, 0) is 24.7 Å². The first kappa shape index (κ1) is 12.0. The van der Waals surface area contributed by atoms with Gasteiger partial charge in [-0.3, -0.25) is 9.59 Å². The van der Waals surface area contributed by atoms with E-state index >= 15 is 0 Å². The average molecular weight is 213 g/mol. The molecule has 0 saturated heterocycles. The Labute approximate surface area is 90.4 Å². The Morgan fingerprint density at radius 2 is 2.13 bits per heavy atom. The number of carbonyl (C=O) groups excluding carboxylic acids is 2. The molecule has 0 aromatic heterocycles. The number of hydrogen-bond donors (Lipinski definition) is 1. The van der Waals surface area contributed by atoms with E-state index in [-0.39, 0.29) is 18.4 Å². The van der Waals surface area contributed by atoms with Crippen LogP contribution < -0.4 is 5.32 Å². The molecule has 1 rings (SSSR count). The van der Waals surface area contributed by atoms with E-state index in [0.29, 0.717) is 24.9 Å². The van der Waals surface area contributed by atoms with Crippen LogP contribution in [0.2, 0.25) is 0 Å². The first-order valence-electron chi connectivity index (χ1n) is 5.55. The van der Waals surface area contributed by atoms with Crippen molar-refractivity contribution in [2.45, 2.75) is 33.1 Å². The van der Waals surface area contributed by atoms with E-state index in [4.69, 9.17) is 4.74 Å². The maximum atomic E-state index is 11.2. The van der Waals surface area contributed by atoms with Crippen LogP contribution >= 0.6 is 0 Å². The van der Waals surface area contributed by atoms with Gasteiger partial charge in [-0.15, -0.1) is 0 Å². The van der Waals surface area contributed by atoms with Crippen LogP contribution in [0.25, 0.3) is 0 Å². The maximum Gasteiger partial charge on any atom is 0.325 e. The van der Waals surface area contributed by atoms with E-state index < -0.39 is 0 Å². The van der Waals surface area contributed by atoms with E-state index in [1.54, 1.807) is 0 Å². The first-order chi connectivity index (χ1) is 7.13. The molecule has 0 aromatic carbocycles. The molecule has 1 amide bonds. The van der Waals surface area contributed by atoms with E-state index in [1.807, 2.05) is 6.92 Å². The molecular formula is C11H19NO3. The van der Waals surface area contributed by atoms with Crippen molar-refractivity contribution in [3.8, 4) is 0 Å². The summed E-state index contributed by atoms with van der Waals surface area (Å²) >= 11 is 0. The Bertz CT molecular complexity index is 240. The predicted octanol–water partition coefficient (Wildman–Crippen LogP) is 1.10. The van der Waals surface area contributed by atoms with Crippen molar-refractivity contribution in [3.63, 3.8) is 0 Å². The normalized spacial score (nSPS) is 23.3. The highest BCUT2D eigenvalue weighted by atomic mass is 16.5. The Hall–Kier alpha value is -1.06. The molecule has 1 N–H and O–H groups in total. The van der Waals surface area contributed by atoms with Crippen molar-refractivity contribution in [3.05, 3.63) is 0 Å². The number of rotatable bonds is 6. The second-order valence-corrected chi connectivity index (χ2v) is 4.18. The van der Waals surface area contributed by atoms with Crippen LogP contribution in [0.1, 0.15) is 33.1 Å². The highest BCUT2D eigenvalue weighted by molar-refractivity contribution is 5.81. The van der Waals surface area contributed by atoms with Crippen LogP contribution in [0.4, 0.5) is 0 Å². The van der Waals surface area contributed by atoms with Gasteiger partial charge in [0.15, 0.2) is 0 Å². The monoisotopic (exact) mass is 213 g/mol. The molecule has 4 heteroatoms. The Balaban J connectivity index is 2.00. The number of carbonyl (C=O) groups is 2. The summed E-state index contributed by atoms with van der Waals surface area (Å²) in [7, 11) is 0. The lowest BCUT2D eigenvalue weighted by Crippen LogP contribution is -2.30. The van der Waals surface area contributed by atoms with Crippen LogP contribution in [0.3, 0.4) is 0 Å². The number of ether oxygens (including phenoxy) is 1. The molecule has 15 heavy (non-hydrogen) atoms. The quantitative estimate of drug-likeness (QED) is 0.672. The molecule has 0 unspecified atom stereocenters. The summed E-state index contributed by atoms with van der Waals surface area (Å²) in [6, 6.07) is 0. The molecule has 2 atom stereocenters. The highest BCUT2D eigenvalue weighted by Gasteiger charge is 2.33. The molecule has 1 fully saturated rings. The van der Waals surface area contributed by atoms with Gasteiger partial charge >= 0.3 is 5.97 Å². The van der Waals surface area contributed by atoms with Gasteiger partial charge in [-0.25, -0.2) is 0 Å². The van der Waals surface area contributed by atoms with E-state index in [9.17, 15) is 9.59 Å². The molecule has 4 nitrogen and oxygen atoms in total. The summed E-state index contributed by atoms with van der Waals surface area (Å²) in [6.07, 6.45) is 2.41. The smallest absolute Gasteiger partial charge is 0.325 e. The molecule has 0 heterocycles. The minimum absolute atomic E-state index is 0.0000652. The molecule has 0 spiro atoms. The van der Waals surface area contributed by atoms with Crippen molar-refractivity contribution in [2.24, 2.45) is 11.8 Å². The second kappa shape index (κ2) is 5.73.